The van der Waals surface area contributed by atoms with Crippen molar-refractivity contribution in [3.8, 4) is 0 Å². The quantitative estimate of drug-likeness (QED) is 0.614. The third-order valence-electron chi connectivity index (χ3n) is 2.75. The molecule has 0 aromatic heterocycles. The Morgan fingerprint density at radius 2 is 1.67 bits per heavy atom. The molecule has 0 saturated heterocycles. The molecule has 0 aliphatic rings. The van der Waals surface area contributed by atoms with E-state index in [4.69, 9.17) is 0 Å². The molecule has 0 bridgehead atoms. The van der Waals surface area contributed by atoms with Crippen molar-refractivity contribution >= 4 is 6.08 Å². The van der Waals surface area contributed by atoms with Crippen molar-refractivity contribution in [3.63, 3.8) is 0 Å². The van der Waals surface area contributed by atoms with Crippen LogP contribution in [0.5, 0.6) is 0 Å². The van der Waals surface area contributed by atoms with Gasteiger partial charge in [0, 0.05) is 0 Å². The van der Waals surface area contributed by atoms with Gasteiger partial charge in [0.25, 0.3) is 0 Å². The van der Waals surface area contributed by atoms with E-state index in [9.17, 15) is 0 Å². The molecule has 0 spiro atoms. The summed E-state index contributed by atoms with van der Waals surface area (Å²) in [5.74, 6) is 0. The molecule has 0 N–H and O–H groups in total. The van der Waals surface area contributed by atoms with Crippen LogP contribution >= 0.6 is 0 Å². The lowest BCUT2D eigenvalue weighted by Crippen LogP contribution is -1.88. The maximum atomic E-state index is 2.30. The molecule has 0 radical (unpaired) electrons. The summed E-state index contributed by atoms with van der Waals surface area (Å²) in [6.45, 7) is 8.78. The SMILES string of the molecule is CCCCC=Cc1c(C)cc(C)cc1C. The third-order valence-corrected chi connectivity index (χ3v) is 2.75. The van der Waals surface area contributed by atoms with Crippen LogP contribution < -0.4 is 0 Å². The van der Waals surface area contributed by atoms with Crippen LogP contribution in [0.4, 0.5) is 0 Å². The van der Waals surface area contributed by atoms with Gasteiger partial charge in [0.1, 0.15) is 0 Å². The zero-order valence-electron chi connectivity index (χ0n) is 10.4. The van der Waals surface area contributed by atoms with Gasteiger partial charge in [-0.3, -0.25) is 0 Å². The molecule has 1 aromatic rings. The molecule has 0 heterocycles. The van der Waals surface area contributed by atoms with Crippen LogP contribution in [0.3, 0.4) is 0 Å². The number of aryl methyl sites for hydroxylation is 3. The molecule has 0 fully saturated rings. The number of benzene rings is 1. The molecule has 15 heavy (non-hydrogen) atoms. The fourth-order valence-electron chi connectivity index (χ4n) is 1.98. The third kappa shape index (κ3) is 3.54. The van der Waals surface area contributed by atoms with Crippen molar-refractivity contribution in [2.45, 2.75) is 47.0 Å². The highest BCUT2D eigenvalue weighted by Gasteiger charge is 1.99. The van der Waals surface area contributed by atoms with Gasteiger partial charge in [-0.1, -0.05) is 49.6 Å². The van der Waals surface area contributed by atoms with Gasteiger partial charge in [-0.15, -0.1) is 0 Å². The maximum Gasteiger partial charge on any atom is -0.0201 e. The first-order valence-electron chi connectivity index (χ1n) is 5.89. The Morgan fingerprint density at radius 3 is 2.20 bits per heavy atom. The van der Waals surface area contributed by atoms with Crippen molar-refractivity contribution in [2.24, 2.45) is 0 Å². The van der Waals surface area contributed by atoms with Gasteiger partial charge >= 0.3 is 0 Å². The van der Waals surface area contributed by atoms with Gasteiger partial charge in [0.05, 0.1) is 0 Å². The Bertz CT molecular complexity index is 322. The zero-order chi connectivity index (χ0) is 11.3. The summed E-state index contributed by atoms with van der Waals surface area (Å²) in [6.07, 6.45) is 8.34. The van der Waals surface area contributed by atoms with Crippen LogP contribution in [0.2, 0.25) is 0 Å². The Labute approximate surface area is 94.0 Å². The van der Waals surface area contributed by atoms with Crippen molar-refractivity contribution < 1.29 is 0 Å². The maximum absolute atomic E-state index is 2.30. The van der Waals surface area contributed by atoms with Gasteiger partial charge in [-0.2, -0.15) is 0 Å². The summed E-state index contributed by atoms with van der Waals surface area (Å²) in [7, 11) is 0. The molecule has 0 amide bonds. The summed E-state index contributed by atoms with van der Waals surface area (Å²) in [6, 6.07) is 4.51. The lowest BCUT2D eigenvalue weighted by Gasteiger charge is -2.06. The van der Waals surface area contributed by atoms with E-state index in [1.54, 1.807) is 0 Å². The van der Waals surface area contributed by atoms with E-state index in [0.717, 1.165) is 0 Å². The number of unbranched alkanes of at least 4 members (excludes halogenated alkanes) is 2. The average Bonchev–Trinajstić information content (AvgIpc) is 2.15. The van der Waals surface area contributed by atoms with Gasteiger partial charge in [-0.05, 0) is 43.9 Å². The Hall–Kier alpha value is -1.04. The van der Waals surface area contributed by atoms with Crippen LogP contribution in [0.25, 0.3) is 6.08 Å². The zero-order valence-corrected chi connectivity index (χ0v) is 10.4. The van der Waals surface area contributed by atoms with Crippen molar-refractivity contribution in [1.82, 2.24) is 0 Å². The standard InChI is InChI=1S/C15H22/c1-5-6-7-8-9-15-13(3)10-12(2)11-14(15)4/h8-11H,5-7H2,1-4H3. The van der Waals surface area contributed by atoms with E-state index in [-0.39, 0.29) is 0 Å². The highest BCUT2D eigenvalue weighted by Crippen LogP contribution is 2.18. The topological polar surface area (TPSA) is 0 Å². The highest BCUT2D eigenvalue weighted by atomic mass is 14.0. The molecule has 1 aromatic carbocycles. The van der Waals surface area contributed by atoms with Crippen LogP contribution in [0, 0.1) is 20.8 Å². The van der Waals surface area contributed by atoms with Gasteiger partial charge in [0.15, 0.2) is 0 Å². The second-order valence-electron chi connectivity index (χ2n) is 4.36. The highest BCUT2D eigenvalue weighted by molar-refractivity contribution is 5.58. The summed E-state index contributed by atoms with van der Waals surface area (Å²) >= 11 is 0. The Kier molecular flexibility index (Phi) is 4.61. The number of hydrogen-bond donors (Lipinski definition) is 0. The van der Waals surface area contributed by atoms with Crippen LogP contribution in [-0.4, -0.2) is 0 Å². The molecule has 82 valence electrons. The fourth-order valence-corrected chi connectivity index (χ4v) is 1.98. The van der Waals surface area contributed by atoms with E-state index in [0.29, 0.717) is 0 Å². The molecular formula is C15H22. The van der Waals surface area contributed by atoms with Gasteiger partial charge < -0.3 is 0 Å². The molecule has 0 heteroatoms. The Morgan fingerprint density at radius 1 is 1.07 bits per heavy atom. The largest absolute Gasteiger partial charge is 0.0839 e. The van der Waals surface area contributed by atoms with Crippen LogP contribution in [-0.2, 0) is 0 Å². The summed E-state index contributed by atoms with van der Waals surface area (Å²) in [5.41, 5.74) is 5.54. The molecule has 0 aliphatic carbocycles. The lowest BCUT2D eigenvalue weighted by atomic mass is 9.99. The first-order chi connectivity index (χ1) is 7.15. The van der Waals surface area contributed by atoms with E-state index < -0.39 is 0 Å². The summed E-state index contributed by atoms with van der Waals surface area (Å²) < 4.78 is 0. The molecule has 0 atom stereocenters. The number of allylic oxidation sites excluding steroid dienone is 1. The van der Waals surface area contributed by atoms with Crippen LogP contribution in [0.15, 0.2) is 18.2 Å². The molecule has 0 aliphatic heterocycles. The predicted octanol–water partition coefficient (Wildman–Crippen LogP) is 4.82. The molecule has 0 unspecified atom stereocenters. The summed E-state index contributed by atoms with van der Waals surface area (Å²) in [4.78, 5) is 0. The number of hydrogen-bond acceptors (Lipinski definition) is 0. The van der Waals surface area contributed by atoms with Crippen molar-refractivity contribution in [1.29, 1.82) is 0 Å². The minimum absolute atomic E-state index is 1.20. The van der Waals surface area contributed by atoms with Crippen molar-refractivity contribution in [2.75, 3.05) is 0 Å². The second kappa shape index (κ2) is 5.75. The van der Waals surface area contributed by atoms with Gasteiger partial charge in [-0.25, -0.2) is 0 Å². The smallest absolute Gasteiger partial charge is 0.0201 e. The minimum atomic E-state index is 1.20. The normalized spacial score (nSPS) is 11.2. The number of rotatable bonds is 4. The van der Waals surface area contributed by atoms with E-state index in [1.807, 2.05) is 0 Å². The molecule has 0 nitrogen and oxygen atoms in total. The monoisotopic (exact) mass is 202 g/mol. The second-order valence-corrected chi connectivity index (χ2v) is 4.36. The Balaban J connectivity index is 2.80. The van der Waals surface area contributed by atoms with Crippen LogP contribution in [0.1, 0.15) is 48.4 Å². The van der Waals surface area contributed by atoms with Crippen molar-refractivity contribution in [3.05, 3.63) is 40.5 Å². The predicted molar refractivity (Wildman–Crippen MR) is 69.2 cm³/mol. The average molecular weight is 202 g/mol. The molecular weight excluding hydrogens is 180 g/mol. The lowest BCUT2D eigenvalue weighted by molar-refractivity contribution is 0.816. The first-order valence-corrected chi connectivity index (χ1v) is 5.89. The fraction of sp³-hybridized carbons (Fsp3) is 0.467. The molecule has 1 rings (SSSR count). The van der Waals surface area contributed by atoms with E-state index in [2.05, 4.69) is 52.0 Å². The molecule has 0 saturated carbocycles. The van der Waals surface area contributed by atoms with E-state index in [1.165, 1.54) is 41.5 Å². The summed E-state index contributed by atoms with van der Waals surface area (Å²) in [5, 5.41) is 0. The van der Waals surface area contributed by atoms with Gasteiger partial charge in [0.2, 0.25) is 0 Å². The first kappa shape index (κ1) is 12.0. The van der Waals surface area contributed by atoms with E-state index >= 15 is 0 Å². The minimum Gasteiger partial charge on any atom is -0.0839 e.